The minimum atomic E-state index is 0.330. The second-order valence-electron chi connectivity index (χ2n) is 4.56. The highest BCUT2D eigenvalue weighted by atomic mass is 79.9. The minimum absolute atomic E-state index is 0.330. The van der Waals surface area contributed by atoms with E-state index in [1.54, 1.807) is 0 Å². The molecule has 1 aromatic rings. The van der Waals surface area contributed by atoms with Gasteiger partial charge in [0.05, 0.1) is 5.70 Å². The molecule has 2 aliphatic rings. The summed E-state index contributed by atoms with van der Waals surface area (Å²) in [5.41, 5.74) is 2.40. The molecule has 3 rings (SSSR count). The van der Waals surface area contributed by atoms with E-state index in [0.717, 1.165) is 11.0 Å². The lowest BCUT2D eigenvalue weighted by Crippen LogP contribution is -2.47. The summed E-state index contributed by atoms with van der Waals surface area (Å²) in [7, 11) is 0. The fourth-order valence-electron chi connectivity index (χ4n) is 2.43. The van der Waals surface area contributed by atoms with E-state index in [-0.39, 0.29) is 0 Å². The average Bonchev–Trinajstić information content (AvgIpc) is 3.00. The third-order valence-electron chi connectivity index (χ3n) is 3.37. The highest BCUT2D eigenvalue weighted by molar-refractivity contribution is 9.10. The molecule has 0 amide bonds. The molecule has 2 atom stereocenters. The standard InChI is InChI=1S/C13H16BrN3/c14-10-5-3-9(4-6-10)12-8-16-13(17-12)11-2-1-7-15-11/h3-6,8,11,13,15-17H,1-2,7H2/t11-,13?/m0/s1. The maximum atomic E-state index is 3.54. The first kappa shape index (κ1) is 11.1. The van der Waals surface area contributed by atoms with Crippen LogP contribution >= 0.6 is 15.9 Å². The van der Waals surface area contributed by atoms with Gasteiger partial charge in [0.15, 0.2) is 0 Å². The predicted octanol–water partition coefficient (Wildman–Crippen LogP) is 2.02. The minimum Gasteiger partial charge on any atom is -0.368 e. The van der Waals surface area contributed by atoms with Crippen molar-refractivity contribution in [2.75, 3.05) is 6.54 Å². The Balaban J connectivity index is 1.68. The summed E-state index contributed by atoms with van der Waals surface area (Å²) in [6.07, 6.45) is 4.93. The molecule has 0 spiro atoms. The summed E-state index contributed by atoms with van der Waals surface area (Å²) in [4.78, 5) is 0. The van der Waals surface area contributed by atoms with Crippen LogP contribution in [0.1, 0.15) is 18.4 Å². The molecule has 0 radical (unpaired) electrons. The molecule has 1 aromatic carbocycles. The first-order valence-corrected chi connectivity index (χ1v) is 6.84. The van der Waals surface area contributed by atoms with E-state index in [1.165, 1.54) is 24.1 Å². The lowest BCUT2D eigenvalue weighted by atomic mass is 10.1. The second kappa shape index (κ2) is 4.70. The van der Waals surface area contributed by atoms with Crippen molar-refractivity contribution in [2.24, 2.45) is 0 Å². The Morgan fingerprint density at radius 2 is 2.00 bits per heavy atom. The van der Waals surface area contributed by atoms with E-state index >= 15 is 0 Å². The third kappa shape index (κ3) is 2.33. The largest absolute Gasteiger partial charge is 0.368 e. The number of rotatable bonds is 2. The zero-order valence-corrected chi connectivity index (χ0v) is 11.1. The predicted molar refractivity (Wildman–Crippen MR) is 73.2 cm³/mol. The molecule has 0 bridgehead atoms. The third-order valence-corrected chi connectivity index (χ3v) is 3.90. The van der Waals surface area contributed by atoms with Gasteiger partial charge >= 0.3 is 0 Å². The van der Waals surface area contributed by atoms with Crippen LogP contribution in [0.2, 0.25) is 0 Å². The van der Waals surface area contributed by atoms with Crippen LogP contribution in [0.4, 0.5) is 0 Å². The first-order chi connectivity index (χ1) is 8.33. The summed E-state index contributed by atoms with van der Waals surface area (Å²) < 4.78 is 1.11. The Morgan fingerprint density at radius 3 is 2.71 bits per heavy atom. The van der Waals surface area contributed by atoms with Crippen LogP contribution in [0, 0.1) is 0 Å². The number of halogens is 1. The van der Waals surface area contributed by atoms with Crippen molar-refractivity contribution in [3.63, 3.8) is 0 Å². The van der Waals surface area contributed by atoms with Crippen molar-refractivity contribution >= 4 is 21.6 Å². The number of hydrogen-bond acceptors (Lipinski definition) is 3. The Labute approximate surface area is 110 Å². The van der Waals surface area contributed by atoms with Crippen molar-refractivity contribution in [1.82, 2.24) is 16.0 Å². The molecular weight excluding hydrogens is 278 g/mol. The molecule has 2 heterocycles. The topological polar surface area (TPSA) is 36.1 Å². The normalized spacial score (nSPS) is 27.5. The quantitative estimate of drug-likeness (QED) is 0.781. The van der Waals surface area contributed by atoms with Gasteiger partial charge in [-0.15, -0.1) is 0 Å². The zero-order valence-electron chi connectivity index (χ0n) is 9.54. The Bertz CT molecular complexity index is 421. The highest BCUT2D eigenvalue weighted by Gasteiger charge is 2.27. The lowest BCUT2D eigenvalue weighted by molar-refractivity contribution is 0.429. The van der Waals surface area contributed by atoms with Crippen LogP contribution in [0.25, 0.3) is 5.70 Å². The fourth-order valence-corrected chi connectivity index (χ4v) is 2.70. The Kier molecular flexibility index (Phi) is 3.07. The van der Waals surface area contributed by atoms with Gasteiger partial charge in [-0.25, -0.2) is 0 Å². The van der Waals surface area contributed by atoms with Gasteiger partial charge in [0.1, 0.15) is 6.17 Å². The SMILES string of the molecule is Brc1ccc(C2=CNC([C@@H]3CCCN3)N2)cc1. The molecule has 1 saturated heterocycles. The smallest absolute Gasteiger partial charge is 0.112 e. The van der Waals surface area contributed by atoms with Gasteiger partial charge in [-0.3, -0.25) is 0 Å². The molecule has 0 aliphatic carbocycles. The van der Waals surface area contributed by atoms with E-state index in [9.17, 15) is 0 Å². The molecular formula is C13H16BrN3. The van der Waals surface area contributed by atoms with Crippen LogP contribution in [0.5, 0.6) is 0 Å². The second-order valence-corrected chi connectivity index (χ2v) is 5.47. The molecule has 3 N–H and O–H groups in total. The van der Waals surface area contributed by atoms with Gasteiger partial charge in [-0.2, -0.15) is 0 Å². The summed E-state index contributed by atoms with van der Waals surface area (Å²) in [6, 6.07) is 8.92. The van der Waals surface area contributed by atoms with Gasteiger partial charge in [-0.05, 0) is 37.1 Å². The van der Waals surface area contributed by atoms with E-state index in [4.69, 9.17) is 0 Å². The fraction of sp³-hybridized carbons (Fsp3) is 0.385. The van der Waals surface area contributed by atoms with E-state index in [2.05, 4.69) is 62.3 Å². The van der Waals surface area contributed by atoms with Crippen LogP contribution in [0.15, 0.2) is 34.9 Å². The number of nitrogens with one attached hydrogen (secondary N) is 3. The van der Waals surface area contributed by atoms with Gasteiger partial charge in [0, 0.05) is 16.7 Å². The van der Waals surface area contributed by atoms with Crippen LogP contribution in [-0.2, 0) is 0 Å². The summed E-state index contributed by atoms with van der Waals surface area (Å²) >= 11 is 3.45. The van der Waals surface area contributed by atoms with E-state index in [0.29, 0.717) is 12.2 Å². The molecule has 2 aliphatic heterocycles. The average molecular weight is 294 g/mol. The summed E-state index contributed by atoms with van der Waals surface area (Å²) in [6.45, 7) is 1.14. The van der Waals surface area contributed by atoms with Gasteiger partial charge in [0.2, 0.25) is 0 Å². The maximum Gasteiger partial charge on any atom is 0.112 e. The Morgan fingerprint density at radius 1 is 1.18 bits per heavy atom. The van der Waals surface area contributed by atoms with Gasteiger partial charge in [-0.1, -0.05) is 28.1 Å². The molecule has 17 heavy (non-hydrogen) atoms. The molecule has 90 valence electrons. The highest BCUT2D eigenvalue weighted by Crippen LogP contribution is 2.20. The van der Waals surface area contributed by atoms with E-state index < -0.39 is 0 Å². The summed E-state index contributed by atoms with van der Waals surface area (Å²) in [5, 5.41) is 10.5. The van der Waals surface area contributed by atoms with Crippen LogP contribution in [0.3, 0.4) is 0 Å². The van der Waals surface area contributed by atoms with Crippen molar-refractivity contribution in [2.45, 2.75) is 25.0 Å². The molecule has 1 unspecified atom stereocenters. The van der Waals surface area contributed by atoms with Crippen LogP contribution < -0.4 is 16.0 Å². The maximum absolute atomic E-state index is 3.54. The van der Waals surface area contributed by atoms with Crippen LogP contribution in [-0.4, -0.2) is 18.8 Å². The van der Waals surface area contributed by atoms with Crippen molar-refractivity contribution in [1.29, 1.82) is 0 Å². The zero-order chi connectivity index (χ0) is 11.7. The van der Waals surface area contributed by atoms with Crippen molar-refractivity contribution < 1.29 is 0 Å². The summed E-state index contributed by atoms with van der Waals surface area (Å²) in [5.74, 6) is 0. The number of benzene rings is 1. The van der Waals surface area contributed by atoms with E-state index in [1.807, 2.05) is 0 Å². The van der Waals surface area contributed by atoms with Crippen molar-refractivity contribution in [3.05, 3.63) is 40.5 Å². The van der Waals surface area contributed by atoms with Crippen molar-refractivity contribution in [3.8, 4) is 0 Å². The molecule has 0 saturated carbocycles. The molecule has 3 nitrogen and oxygen atoms in total. The van der Waals surface area contributed by atoms with Gasteiger partial charge < -0.3 is 16.0 Å². The molecule has 1 fully saturated rings. The molecule has 4 heteroatoms. The lowest BCUT2D eigenvalue weighted by Gasteiger charge is -2.21. The monoisotopic (exact) mass is 293 g/mol. The number of hydrogen-bond donors (Lipinski definition) is 3. The Hall–Kier alpha value is -1.00. The molecule has 0 aromatic heterocycles. The first-order valence-electron chi connectivity index (χ1n) is 6.05. The van der Waals surface area contributed by atoms with Gasteiger partial charge in [0.25, 0.3) is 0 Å².